The van der Waals surface area contributed by atoms with Crippen LogP contribution in [0.1, 0.15) is 54.7 Å². The normalized spacial score (nSPS) is 14.8. The molecule has 0 bridgehead atoms. The molecule has 0 atom stereocenters. The molecule has 1 fully saturated rings. The molecule has 0 unspecified atom stereocenters. The molecule has 0 aromatic carbocycles. The van der Waals surface area contributed by atoms with Crippen LogP contribution in [0, 0.1) is 18.0 Å². The number of thioether (sulfide) groups is 1. The fourth-order valence-electron chi connectivity index (χ4n) is 3.95. The number of aromatic nitrogens is 3. The van der Waals surface area contributed by atoms with Crippen LogP contribution >= 0.6 is 11.8 Å². The topological polar surface area (TPSA) is 76.6 Å². The fourth-order valence-corrected chi connectivity index (χ4v) is 4.77. The molecule has 0 spiro atoms. The maximum atomic E-state index is 13.1. The van der Waals surface area contributed by atoms with Gasteiger partial charge >= 0.3 is 0 Å². The Morgan fingerprint density at radius 3 is 2.84 bits per heavy atom. The van der Waals surface area contributed by atoms with E-state index in [1.165, 1.54) is 6.20 Å². The number of anilines is 1. The van der Waals surface area contributed by atoms with Gasteiger partial charge in [-0.25, -0.2) is 4.98 Å². The second-order valence-corrected chi connectivity index (χ2v) is 9.72. The summed E-state index contributed by atoms with van der Waals surface area (Å²) in [5.41, 5.74) is 3.92. The molecular weight excluding hydrogens is 422 g/mol. The Balaban J connectivity index is 1.63. The van der Waals surface area contributed by atoms with Crippen molar-refractivity contribution in [3.8, 4) is 0 Å². The van der Waals surface area contributed by atoms with Crippen LogP contribution in [0.2, 0.25) is 0 Å². The van der Waals surface area contributed by atoms with E-state index in [9.17, 15) is 10.0 Å². The number of nitrogens with one attached hydrogen (secondary N) is 1. The molecule has 1 amide bonds. The zero-order valence-corrected chi connectivity index (χ0v) is 19.8. The van der Waals surface area contributed by atoms with Crippen molar-refractivity contribution < 1.29 is 9.52 Å². The second-order valence-electron chi connectivity index (χ2n) is 8.61. The largest absolute Gasteiger partial charge is 0.619 e. The lowest BCUT2D eigenvalue weighted by molar-refractivity contribution is -0.612. The SMILES string of the molecule is CCCSc1cnc2c(N3CCC(C)CC3)cc(C(=O)NCc3ccc(C)[n+]([O-])c3)cn12. The molecule has 1 aliphatic rings. The zero-order chi connectivity index (χ0) is 22.7. The average Bonchev–Trinajstić information content (AvgIpc) is 3.21. The van der Waals surface area contributed by atoms with E-state index in [-0.39, 0.29) is 5.91 Å². The molecule has 3 aromatic rings. The number of carbonyl (C=O) groups is 1. The predicted octanol–water partition coefficient (Wildman–Crippen LogP) is 3.94. The maximum absolute atomic E-state index is 13.1. The second kappa shape index (κ2) is 9.81. The number of fused-ring (bicyclic) bond motifs is 1. The molecule has 4 heterocycles. The molecule has 0 saturated carbocycles. The summed E-state index contributed by atoms with van der Waals surface area (Å²) in [5, 5.41) is 15.8. The Bertz CT molecular complexity index is 1110. The number of hydrogen-bond donors (Lipinski definition) is 1. The van der Waals surface area contributed by atoms with Gasteiger partial charge in [-0.05, 0) is 43.1 Å². The molecular formula is C24H31N5O2S. The first-order valence-corrected chi connectivity index (χ1v) is 12.3. The van der Waals surface area contributed by atoms with E-state index in [0.29, 0.717) is 17.8 Å². The van der Waals surface area contributed by atoms with Gasteiger partial charge in [0.2, 0.25) is 0 Å². The Morgan fingerprint density at radius 2 is 2.12 bits per heavy atom. The van der Waals surface area contributed by atoms with Crippen molar-refractivity contribution in [2.75, 3.05) is 23.7 Å². The Morgan fingerprint density at radius 1 is 1.34 bits per heavy atom. The minimum atomic E-state index is -0.156. The Hall–Kier alpha value is -2.74. The summed E-state index contributed by atoms with van der Waals surface area (Å²) in [5.74, 6) is 1.57. The van der Waals surface area contributed by atoms with Crippen molar-refractivity contribution in [1.82, 2.24) is 14.7 Å². The third-order valence-corrected chi connectivity index (χ3v) is 7.23. The van der Waals surface area contributed by atoms with Crippen LogP contribution in [0.3, 0.4) is 0 Å². The maximum Gasteiger partial charge on any atom is 0.253 e. The van der Waals surface area contributed by atoms with Crippen LogP contribution in [-0.2, 0) is 6.54 Å². The molecule has 7 nitrogen and oxygen atoms in total. The summed E-state index contributed by atoms with van der Waals surface area (Å²) in [7, 11) is 0. The van der Waals surface area contributed by atoms with Crippen LogP contribution in [0.25, 0.3) is 5.65 Å². The third-order valence-electron chi connectivity index (χ3n) is 6.02. The summed E-state index contributed by atoms with van der Waals surface area (Å²) in [6.07, 6.45) is 8.66. The number of aryl methyl sites for hydroxylation is 1. The van der Waals surface area contributed by atoms with Gasteiger partial charge in [0.15, 0.2) is 17.5 Å². The molecule has 0 aliphatic carbocycles. The van der Waals surface area contributed by atoms with E-state index in [0.717, 1.165) is 70.7 Å². The number of carbonyl (C=O) groups excluding carboxylic acids is 1. The molecule has 1 N–H and O–H groups in total. The highest BCUT2D eigenvalue weighted by Gasteiger charge is 2.22. The van der Waals surface area contributed by atoms with E-state index < -0.39 is 0 Å². The number of pyridine rings is 2. The van der Waals surface area contributed by atoms with Crippen molar-refractivity contribution in [2.45, 2.75) is 51.6 Å². The molecule has 8 heteroatoms. The van der Waals surface area contributed by atoms with Crippen LogP contribution in [0.4, 0.5) is 5.69 Å². The lowest BCUT2D eigenvalue weighted by Gasteiger charge is -2.32. The van der Waals surface area contributed by atoms with Gasteiger partial charge in [-0.3, -0.25) is 9.20 Å². The van der Waals surface area contributed by atoms with E-state index in [1.807, 2.05) is 24.5 Å². The molecule has 4 rings (SSSR count). The first-order chi connectivity index (χ1) is 15.5. The molecule has 170 valence electrons. The predicted molar refractivity (Wildman–Crippen MR) is 128 cm³/mol. The Labute approximate surface area is 193 Å². The molecule has 0 radical (unpaired) electrons. The first kappa shape index (κ1) is 22.5. The van der Waals surface area contributed by atoms with E-state index in [1.54, 1.807) is 24.8 Å². The number of amides is 1. The van der Waals surface area contributed by atoms with Gasteiger partial charge in [0, 0.05) is 44.4 Å². The highest BCUT2D eigenvalue weighted by molar-refractivity contribution is 7.99. The van der Waals surface area contributed by atoms with Crippen LogP contribution in [0.15, 0.2) is 41.8 Å². The highest BCUT2D eigenvalue weighted by atomic mass is 32.2. The number of hydrogen-bond acceptors (Lipinski definition) is 5. The quantitative estimate of drug-likeness (QED) is 0.333. The van der Waals surface area contributed by atoms with E-state index in [4.69, 9.17) is 4.98 Å². The summed E-state index contributed by atoms with van der Waals surface area (Å²) in [6.45, 7) is 8.46. The Kier molecular flexibility index (Phi) is 6.89. The molecule has 1 aliphatic heterocycles. The van der Waals surface area contributed by atoms with Crippen LogP contribution in [0.5, 0.6) is 0 Å². The summed E-state index contributed by atoms with van der Waals surface area (Å²) in [4.78, 5) is 20.2. The van der Waals surface area contributed by atoms with Gasteiger partial charge in [-0.2, -0.15) is 4.73 Å². The van der Waals surface area contributed by atoms with Gasteiger partial charge in [0.25, 0.3) is 5.91 Å². The minimum absolute atomic E-state index is 0.156. The van der Waals surface area contributed by atoms with Crippen molar-refractivity contribution in [3.63, 3.8) is 0 Å². The van der Waals surface area contributed by atoms with Crippen LogP contribution in [-0.4, -0.2) is 34.1 Å². The van der Waals surface area contributed by atoms with Gasteiger partial charge in [-0.15, -0.1) is 11.8 Å². The van der Waals surface area contributed by atoms with E-state index in [2.05, 4.69) is 28.5 Å². The van der Waals surface area contributed by atoms with Gasteiger partial charge in [0.1, 0.15) is 0 Å². The van der Waals surface area contributed by atoms with Crippen molar-refractivity contribution in [1.29, 1.82) is 0 Å². The smallest absolute Gasteiger partial charge is 0.253 e. The lowest BCUT2D eigenvalue weighted by atomic mass is 9.99. The van der Waals surface area contributed by atoms with Gasteiger partial charge in [0.05, 0.1) is 22.5 Å². The highest BCUT2D eigenvalue weighted by Crippen LogP contribution is 2.31. The summed E-state index contributed by atoms with van der Waals surface area (Å²) >= 11 is 1.76. The number of imidazole rings is 1. The number of nitrogens with zero attached hydrogens (tertiary/aromatic N) is 4. The summed E-state index contributed by atoms with van der Waals surface area (Å²) in [6, 6.07) is 5.59. The van der Waals surface area contributed by atoms with Gasteiger partial charge < -0.3 is 15.4 Å². The van der Waals surface area contributed by atoms with Gasteiger partial charge in [-0.1, -0.05) is 13.8 Å². The first-order valence-electron chi connectivity index (χ1n) is 11.3. The number of piperidine rings is 1. The lowest BCUT2D eigenvalue weighted by Crippen LogP contribution is -2.34. The standard InChI is InChI=1S/C24H31N5O2S/c1-4-11-32-22-14-25-23-21(27-9-7-17(2)8-10-27)12-20(16-28(22)23)24(30)26-13-19-6-5-18(3)29(31)15-19/h5-6,12,14-17H,4,7-11,13H2,1-3H3,(H,26,30). The number of rotatable bonds is 7. The fraction of sp³-hybridized carbons (Fsp3) is 0.458. The van der Waals surface area contributed by atoms with Crippen molar-refractivity contribution >= 4 is 29.0 Å². The zero-order valence-electron chi connectivity index (χ0n) is 19.0. The van der Waals surface area contributed by atoms with E-state index >= 15 is 0 Å². The third kappa shape index (κ3) is 4.85. The molecule has 3 aromatic heterocycles. The molecule has 32 heavy (non-hydrogen) atoms. The minimum Gasteiger partial charge on any atom is -0.619 e. The van der Waals surface area contributed by atoms with Crippen molar-refractivity contribution in [2.24, 2.45) is 5.92 Å². The van der Waals surface area contributed by atoms with Crippen molar-refractivity contribution in [3.05, 3.63) is 58.8 Å². The van der Waals surface area contributed by atoms with Crippen LogP contribution < -0.4 is 14.9 Å². The average molecular weight is 454 g/mol. The summed E-state index contributed by atoms with van der Waals surface area (Å²) < 4.78 is 2.88. The monoisotopic (exact) mass is 453 g/mol. The molecule has 1 saturated heterocycles.